The smallest absolute Gasteiger partial charge is 0.334 e. The van der Waals surface area contributed by atoms with E-state index in [9.17, 15) is 27.2 Å². The van der Waals surface area contributed by atoms with Gasteiger partial charge in [0.05, 0.1) is 12.1 Å². The minimum atomic E-state index is -4.84. The molecule has 0 fully saturated rings. The Morgan fingerprint density at radius 2 is 2.09 bits per heavy atom. The highest BCUT2D eigenvalue weighted by atomic mass is 19.4. The van der Waals surface area contributed by atoms with E-state index in [1.165, 1.54) is 7.05 Å². The lowest BCUT2D eigenvalue weighted by Crippen LogP contribution is -2.27. The molecule has 22 heavy (non-hydrogen) atoms. The van der Waals surface area contributed by atoms with Crippen molar-refractivity contribution in [1.82, 2.24) is 15.0 Å². The van der Waals surface area contributed by atoms with Crippen LogP contribution in [0.25, 0.3) is 0 Å². The maximum atomic E-state index is 13.4. The molecule has 10 heteroatoms. The fourth-order valence-corrected chi connectivity index (χ4v) is 1.72. The molecule has 0 aliphatic carbocycles. The highest BCUT2D eigenvalue weighted by molar-refractivity contribution is 5.94. The summed E-state index contributed by atoms with van der Waals surface area (Å²) in [4.78, 5) is 26.0. The second-order valence-electron chi connectivity index (χ2n) is 4.40. The Morgan fingerprint density at radius 1 is 1.41 bits per heavy atom. The molecular formula is C12H9F4N3O3. The van der Waals surface area contributed by atoms with Gasteiger partial charge in [-0.1, -0.05) is 5.16 Å². The predicted molar refractivity (Wildman–Crippen MR) is 64.3 cm³/mol. The van der Waals surface area contributed by atoms with Crippen molar-refractivity contribution in [3.8, 4) is 0 Å². The van der Waals surface area contributed by atoms with Crippen molar-refractivity contribution in [3.63, 3.8) is 0 Å². The Balaban J connectivity index is 2.18. The molecule has 0 bridgehead atoms. The zero-order chi connectivity index (χ0) is 16.5. The zero-order valence-corrected chi connectivity index (χ0v) is 11.1. The molecule has 1 aromatic carbocycles. The molecule has 0 radical (unpaired) electrons. The van der Waals surface area contributed by atoms with E-state index in [0.29, 0.717) is 12.1 Å². The fraction of sp³-hybridized carbons (Fsp3) is 0.250. The number of halogens is 4. The molecule has 1 amide bonds. The first kappa shape index (κ1) is 15.7. The van der Waals surface area contributed by atoms with Crippen molar-refractivity contribution in [2.75, 3.05) is 7.05 Å². The van der Waals surface area contributed by atoms with Gasteiger partial charge in [0.2, 0.25) is 0 Å². The minimum absolute atomic E-state index is 0.0493. The van der Waals surface area contributed by atoms with E-state index >= 15 is 0 Å². The first-order valence-electron chi connectivity index (χ1n) is 5.85. The number of amides is 1. The van der Waals surface area contributed by atoms with Crippen LogP contribution >= 0.6 is 0 Å². The average Bonchev–Trinajstić information content (AvgIpc) is 2.81. The number of aromatic amines is 1. The Morgan fingerprint density at radius 3 is 2.59 bits per heavy atom. The van der Waals surface area contributed by atoms with Gasteiger partial charge in [-0.2, -0.15) is 13.2 Å². The summed E-state index contributed by atoms with van der Waals surface area (Å²) < 4.78 is 55.0. The number of rotatable bonds is 3. The van der Waals surface area contributed by atoms with Crippen LogP contribution in [0.2, 0.25) is 0 Å². The SMILES string of the molecule is CN(Cc1noc(=O)[nH]1)C(=O)c1ccc(C(F)(F)F)c(F)c1. The maximum absolute atomic E-state index is 13.4. The number of carbonyl (C=O) groups is 1. The van der Waals surface area contributed by atoms with Gasteiger partial charge in [-0.25, -0.2) is 9.18 Å². The van der Waals surface area contributed by atoms with Crippen molar-refractivity contribution >= 4 is 5.91 Å². The van der Waals surface area contributed by atoms with Crippen molar-refractivity contribution in [2.45, 2.75) is 12.7 Å². The zero-order valence-electron chi connectivity index (χ0n) is 11.1. The van der Waals surface area contributed by atoms with Gasteiger partial charge >= 0.3 is 11.9 Å². The van der Waals surface area contributed by atoms with E-state index in [2.05, 4.69) is 14.7 Å². The molecule has 1 aromatic heterocycles. The van der Waals surface area contributed by atoms with Crippen molar-refractivity contribution in [2.24, 2.45) is 0 Å². The molecule has 0 atom stereocenters. The molecule has 0 unspecified atom stereocenters. The Bertz CT molecular complexity index is 751. The fourth-order valence-electron chi connectivity index (χ4n) is 1.72. The molecule has 0 saturated carbocycles. The molecule has 2 aromatic rings. The van der Waals surface area contributed by atoms with Crippen LogP contribution in [0.15, 0.2) is 27.5 Å². The van der Waals surface area contributed by atoms with Crippen LogP contribution in [0.4, 0.5) is 17.6 Å². The second-order valence-corrected chi connectivity index (χ2v) is 4.40. The van der Waals surface area contributed by atoms with Gasteiger partial charge < -0.3 is 4.90 Å². The number of carbonyl (C=O) groups excluding carboxylic acids is 1. The Hall–Kier alpha value is -2.65. The van der Waals surface area contributed by atoms with Gasteiger partial charge in [-0.15, -0.1) is 0 Å². The highest BCUT2D eigenvalue weighted by Gasteiger charge is 2.34. The van der Waals surface area contributed by atoms with E-state index in [1.54, 1.807) is 0 Å². The largest absolute Gasteiger partial charge is 0.438 e. The number of alkyl halides is 3. The average molecular weight is 319 g/mol. The van der Waals surface area contributed by atoms with Gasteiger partial charge in [-0.3, -0.25) is 14.3 Å². The van der Waals surface area contributed by atoms with Gasteiger partial charge in [0.25, 0.3) is 5.91 Å². The topological polar surface area (TPSA) is 79.2 Å². The van der Waals surface area contributed by atoms with Gasteiger partial charge in [0, 0.05) is 12.6 Å². The first-order valence-corrected chi connectivity index (χ1v) is 5.85. The third-order valence-corrected chi connectivity index (χ3v) is 2.74. The van der Waals surface area contributed by atoms with Crippen LogP contribution < -0.4 is 5.76 Å². The van der Waals surface area contributed by atoms with E-state index < -0.39 is 29.2 Å². The summed E-state index contributed by atoms with van der Waals surface area (Å²) in [6.07, 6.45) is -4.84. The van der Waals surface area contributed by atoms with Crippen LogP contribution in [0, 0.1) is 5.82 Å². The number of hydrogen-bond acceptors (Lipinski definition) is 4. The van der Waals surface area contributed by atoms with Gasteiger partial charge in [-0.05, 0) is 18.2 Å². The summed E-state index contributed by atoms with van der Waals surface area (Å²) in [5.41, 5.74) is -1.72. The molecule has 0 aliphatic heterocycles. The molecule has 2 rings (SSSR count). The number of nitrogens with one attached hydrogen (secondary N) is 1. The summed E-state index contributed by atoms with van der Waals surface area (Å²) in [6, 6.07) is 1.87. The molecule has 1 heterocycles. The number of nitrogens with zero attached hydrogens (tertiary/aromatic N) is 2. The highest BCUT2D eigenvalue weighted by Crippen LogP contribution is 2.31. The van der Waals surface area contributed by atoms with E-state index in [-0.39, 0.29) is 17.9 Å². The third-order valence-electron chi connectivity index (χ3n) is 2.74. The normalized spacial score (nSPS) is 11.5. The van der Waals surface area contributed by atoms with Crippen LogP contribution in [-0.4, -0.2) is 28.0 Å². The lowest BCUT2D eigenvalue weighted by atomic mass is 10.1. The third kappa shape index (κ3) is 3.32. The maximum Gasteiger partial charge on any atom is 0.438 e. The van der Waals surface area contributed by atoms with Crippen molar-refractivity contribution < 1.29 is 26.9 Å². The monoisotopic (exact) mass is 319 g/mol. The standard InChI is InChI=1S/C12H9F4N3O3/c1-19(5-9-17-11(21)22-18-9)10(20)6-2-3-7(8(13)4-6)12(14,15)16/h2-4H,5H2,1H3,(H,17,18,21). The van der Waals surface area contributed by atoms with Crippen LogP contribution in [-0.2, 0) is 12.7 Å². The van der Waals surface area contributed by atoms with E-state index in [0.717, 1.165) is 11.0 Å². The van der Waals surface area contributed by atoms with Gasteiger partial charge in [0.1, 0.15) is 5.82 Å². The molecule has 6 nitrogen and oxygen atoms in total. The number of H-pyrrole nitrogens is 1. The van der Waals surface area contributed by atoms with Crippen LogP contribution in [0.1, 0.15) is 21.7 Å². The van der Waals surface area contributed by atoms with Crippen molar-refractivity contribution in [3.05, 3.63) is 51.5 Å². The lowest BCUT2D eigenvalue weighted by Gasteiger charge is -2.16. The molecule has 118 valence electrons. The predicted octanol–water partition coefficient (Wildman–Crippen LogP) is 1.79. The van der Waals surface area contributed by atoms with Gasteiger partial charge in [0.15, 0.2) is 5.82 Å². The summed E-state index contributed by atoms with van der Waals surface area (Å²) >= 11 is 0. The number of aromatic nitrogens is 2. The summed E-state index contributed by atoms with van der Waals surface area (Å²) in [7, 11) is 1.31. The summed E-state index contributed by atoms with van der Waals surface area (Å²) in [5, 5.41) is 3.34. The number of hydrogen-bond donors (Lipinski definition) is 1. The first-order chi connectivity index (χ1) is 10.2. The quantitative estimate of drug-likeness (QED) is 0.875. The molecule has 1 N–H and O–H groups in total. The number of benzene rings is 1. The minimum Gasteiger partial charge on any atom is -0.334 e. The van der Waals surface area contributed by atoms with Crippen LogP contribution in [0.3, 0.4) is 0 Å². The summed E-state index contributed by atoms with van der Waals surface area (Å²) in [6.45, 7) is -0.160. The van der Waals surface area contributed by atoms with Crippen LogP contribution in [0.5, 0.6) is 0 Å². The van der Waals surface area contributed by atoms with E-state index in [4.69, 9.17) is 0 Å². The molecule has 0 saturated heterocycles. The van der Waals surface area contributed by atoms with E-state index in [1.807, 2.05) is 0 Å². The molecular weight excluding hydrogens is 310 g/mol. The van der Waals surface area contributed by atoms with Crippen molar-refractivity contribution in [1.29, 1.82) is 0 Å². The Labute approximate surface area is 120 Å². The Kier molecular flexibility index (Phi) is 4.02. The lowest BCUT2D eigenvalue weighted by molar-refractivity contribution is -0.140. The second kappa shape index (κ2) is 5.62. The summed E-state index contributed by atoms with van der Waals surface area (Å²) in [5.74, 6) is -3.04. The molecule has 0 spiro atoms. The molecule has 0 aliphatic rings.